The first-order valence-electron chi connectivity index (χ1n) is 5.72. The number of carboxylic acid groups (broad SMARTS) is 1. The normalized spacial score (nSPS) is 24.8. The van der Waals surface area contributed by atoms with E-state index >= 15 is 0 Å². The average Bonchev–Trinajstić information content (AvgIpc) is 2.87. The minimum absolute atomic E-state index is 0.130. The van der Waals surface area contributed by atoms with Crippen molar-refractivity contribution in [1.29, 1.82) is 0 Å². The molecule has 2 unspecified atom stereocenters. The summed E-state index contributed by atoms with van der Waals surface area (Å²) in [6.45, 7) is 1.68. The second-order valence-corrected chi connectivity index (χ2v) is 5.18. The van der Waals surface area contributed by atoms with Gasteiger partial charge < -0.3 is 10.4 Å². The van der Waals surface area contributed by atoms with E-state index in [1.54, 1.807) is 11.3 Å². The van der Waals surface area contributed by atoms with Crippen LogP contribution in [-0.2, 0) is 11.3 Å². The fraction of sp³-hybridized carbons (Fsp3) is 0.583. The second-order valence-electron chi connectivity index (χ2n) is 4.40. The Morgan fingerprint density at radius 3 is 3.12 bits per heavy atom. The lowest BCUT2D eigenvalue weighted by atomic mass is 9.96. The Balaban J connectivity index is 1.75. The summed E-state index contributed by atoms with van der Waals surface area (Å²) < 4.78 is 0. The van der Waals surface area contributed by atoms with Crippen LogP contribution >= 0.6 is 11.3 Å². The van der Waals surface area contributed by atoms with Gasteiger partial charge in [-0.1, -0.05) is 6.42 Å². The topological polar surface area (TPSA) is 49.3 Å². The average molecular weight is 239 g/mol. The lowest BCUT2D eigenvalue weighted by molar-refractivity contribution is -0.142. The zero-order valence-electron chi connectivity index (χ0n) is 9.19. The second kappa shape index (κ2) is 5.46. The third-order valence-corrected chi connectivity index (χ3v) is 4.02. The maximum atomic E-state index is 11.0. The highest BCUT2D eigenvalue weighted by Crippen LogP contribution is 2.31. The molecule has 2 atom stereocenters. The predicted octanol–water partition coefficient (Wildman–Crippen LogP) is 2.34. The third kappa shape index (κ3) is 2.83. The summed E-state index contributed by atoms with van der Waals surface area (Å²) in [6, 6.07) is 2.10. The van der Waals surface area contributed by atoms with Crippen LogP contribution < -0.4 is 5.32 Å². The Morgan fingerprint density at radius 2 is 2.44 bits per heavy atom. The molecule has 2 N–H and O–H groups in total. The standard InChI is InChI=1S/C12H17NO2S/c14-12(15)11-3-1-2-10(11)7-13-6-9-4-5-16-8-9/h4-5,8,10-11,13H,1-3,6-7H2,(H,14,15). The molecule has 0 saturated heterocycles. The summed E-state index contributed by atoms with van der Waals surface area (Å²) in [5.41, 5.74) is 1.29. The maximum absolute atomic E-state index is 11.0. The number of aliphatic carboxylic acids is 1. The quantitative estimate of drug-likeness (QED) is 0.829. The molecule has 88 valence electrons. The summed E-state index contributed by atoms with van der Waals surface area (Å²) >= 11 is 1.69. The molecule has 1 heterocycles. The van der Waals surface area contributed by atoms with Crippen molar-refractivity contribution < 1.29 is 9.90 Å². The minimum atomic E-state index is -0.625. The zero-order valence-corrected chi connectivity index (χ0v) is 10.0. The van der Waals surface area contributed by atoms with E-state index in [1.165, 1.54) is 5.56 Å². The van der Waals surface area contributed by atoms with E-state index in [0.29, 0.717) is 5.92 Å². The van der Waals surface area contributed by atoms with Gasteiger partial charge in [-0.15, -0.1) is 0 Å². The number of hydrogen-bond acceptors (Lipinski definition) is 3. The summed E-state index contributed by atoms with van der Waals surface area (Å²) in [4.78, 5) is 11.0. The smallest absolute Gasteiger partial charge is 0.306 e. The van der Waals surface area contributed by atoms with Crippen LogP contribution in [0.3, 0.4) is 0 Å². The molecule has 0 aliphatic heterocycles. The molecular weight excluding hydrogens is 222 g/mol. The number of rotatable bonds is 5. The van der Waals surface area contributed by atoms with Crippen molar-refractivity contribution in [1.82, 2.24) is 5.32 Å². The summed E-state index contributed by atoms with van der Waals surface area (Å²) in [7, 11) is 0. The van der Waals surface area contributed by atoms with E-state index in [4.69, 9.17) is 5.11 Å². The van der Waals surface area contributed by atoms with Crippen molar-refractivity contribution in [3.05, 3.63) is 22.4 Å². The van der Waals surface area contributed by atoms with Crippen molar-refractivity contribution >= 4 is 17.3 Å². The highest BCUT2D eigenvalue weighted by atomic mass is 32.1. The first kappa shape index (κ1) is 11.6. The number of nitrogens with one attached hydrogen (secondary N) is 1. The van der Waals surface area contributed by atoms with Gasteiger partial charge in [0.1, 0.15) is 0 Å². The van der Waals surface area contributed by atoms with Gasteiger partial charge in [-0.05, 0) is 47.7 Å². The van der Waals surface area contributed by atoms with Gasteiger partial charge in [-0.25, -0.2) is 0 Å². The SMILES string of the molecule is O=C(O)C1CCCC1CNCc1ccsc1. The summed E-state index contributed by atoms with van der Waals surface area (Å²) in [5, 5.41) is 16.6. The Hall–Kier alpha value is -0.870. The van der Waals surface area contributed by atoms with Crippen molar-refractivity contribution in [2.75, 3.05) is 6.54 Å². The van der Waals surface area contributed by atoms with Crippen LogP contribution in [0.25, 0.3) is 0 Å². The largest absolute Gasteiger partial charge is 0.481 e. The van der Waals surface area contributed by atoms with Crippen LogP contribution in [0, 0.1) is 11.8 Å². The molecule has 0 bridgehead atoms. The van der Waals surface area contributed by atoms with Gasteiger partial charge >= 0.3 is 5.97 Å². The summed E-state index contributed by atoms with van der Waals surface area (Å²) in [6.07, 6.45) is 2.95. The predicted molar refractivity (Wildman–Crippen MR) is 64.5 cm³/mol. The number of thiophene rings is 1. The van der Waals surface area contributed by atoms with E-state index in [-0.39, 0.29) is 5.92 Å². The molecule has 3 nitrogen and oxygen atoms in total. The van der Waals surface area contributed by atoms with Gasteiger partial charge in [0.25, 0.3) is 0 Å². The van der Waals surface area contributed by atoms with Gasteiger partial charge in [0.05, 0.1) is 5.92 Å². The fourth-order valence-electron chi connectivity index (χ4n) is 2.40. The number of carbonyl (C=O) groups is 1. The van der Waals surface area contributed by atoms with Crippen molar-refractivity contribution in [3.63, 3.8) is 0 Å². The van der Waals surface area contributed by atoms with Crippen LogP contribution in [0.2, 0.25) is 0 Å². The molecular formula is C12H17NO2S. The highest BCUT2D eigenvalue weighted by Gasteiger charge is 2.32. The van der Waals surface area contributed by atoms with Gasteiger partial charge in [-0.3, -0.25) is 4.79 Å². The molecule has 0 radical (unpaired) electrons. The van der Waals surface area contributed by atoms with Crippen LogP contribution in [0.5, 0.6) is 0 Å². The van der Waals surface area contributed by atoms with Gasteiger partial charge in [0.2, 0.25) is 0 Å². The Kier molecular flexibility index (Phi) is 3.96. The zero-order chi connectivity index (χ0) is 11.4. The van der Waals surface area contributed by atoms with Gasteiger partial charge in [0.15, 0.2) is 0 Å². The summed E-state index contributed by atoms with van der Waals surface area (Å²) in [5.74, 6) is -0.439. The van der Waals surface area contributed by atoms with E-state index in [9.17, 15) is 4.79 Å². The molecule has 0 spiro atoms. The molecule has 1 saturated carbocycles. The Bertz CT molecular complexity index is 337. The molecule has 1 fully saturated rings. The van der Waals surface area contributed by atoms with Crippen molar-refractivity contribution in [3.8, 4) is 0 Å². The monoisotopic (exact) mass is 239 g/mol. The molecule has 16 heavy (non-hydrogen) atoms. The van der Waals surface area contributed by atoms with Crippen LogP contribution in [0.1, 0.15) is 24.8 Å². The molecule has 0 amide bonds. The first-order valence-corrected chi connectivity index (χ1v) is 6.66. The first-order chi connectivity index (χ1) is 7.77. The maximum Gasteiger partial charge on any atom is 0.306 e. The van der Waals surface area contributed by atoms with Crippen molar-refractivity contribution in [2.45, 2.75) is 25.8 Å². The minimum Gasteiger partial charge on any atom is -0.481 e. The number of carboxylic acids is 1. The van der Waals surface area contributed by atoms with E-state index in [0.717, 1.165) is 32.4 Å². The lowest BCUT2D eigenvalue weighted by Gasteiger charge is -2.15. The third-order valence-electron chi connectivity index (χ3n) is 3.29. The molecule has 0 aromatic carbocycles. The number of hydrogen-bond donors (Lipinski definition) is 2. The fourth-order valence-corrected chi connectivity index (χ4v) is 3.07. The molecule has 1 aromatic heterocycles. The van der Waals surface area contributed by atoms with E-state index in [1.807, 2.05) is 0 Å². The van der Waals surface area contributed by atoms with Gasteiger partial charge in [0, 0.05) is 6.54 Å². The molecule has 1 aliphatic rings. The van der Waals surface area contributed by atoms with Crippen LogP contribution in [0.15, 0.2) is 16.8 Å². The van der Waals surface area contributed by atoms with Crippen LogP contribution in [-0.4, -0.2) is 17.6 Å². The Morgan fingerprint density at radius 1 is 1.56 bits per heavy atom. The van der Waals surface area contributed by atoms with E-state index < -0.39 is 5.97 Å². The van der Waals surface area contributed by atoms with E-state index in [2.05, 4.69) is 22.1 Å². The Labute approximate surface area is 99.5 Å². The molecule has 1 aliphatic carbocycles. The van der Waals surface area contributed by atoms with Crippen molar-refractivity contribution in [2.24, 2.45) is 11.8 Å². The molecule has 4 heteroatoms. The van der Waals surface area contributed by atoms with Gasteiger partial charge in [-0.2, -0.15) is 11.3 Å². The lowest BCUT2D eigenvalue weighted by Crippen LogP contribution is -2.28. The van der Waals surface area contributed by atoms with Crippen LogP contribution in [0.4, 0.5) is 0 Å². The molecule has 1 aromatic rings. The molecule has 2 rings (SSSR count). The highest BCUT2D eigenvalue weighted by molar-refractivity contribution is 7.07.